The predicted molar refractivity (Wildman–Crippen MR) is 113 cm³/mol. The molecule has 140 valence electrons. The second-order valence-corrected chi connectivity index (χ2v) is 7.20. The van der Waals surface area contributed by atoms with Crippen LogP contribution >= 0.6 is 12.2 Å². The van der Waals surface area contributed by atoms with Gasteiger partial charge in [-0.05, 0) is 68.4 Å². The Morgan fingerprint density at radius 2 is 2.07 bits per heavy atom. The molecule has 2 N–H and O–H groups in total. The molecule has 1 aliphatic heterocycles. The first-order chi connectivity index (χ1) is 13.2. The quantitative estimate of drug-likeness (QED) is 0.651. The van der Waals surface area contributed by atoms with Crippen molar-refractivity contribution >= 4 is 34.1 Å². The maximum Gasteiger partial charge on any atom is 0.173 e. The topological polar surface area (TPSA) is 53.2 Å². The number of nitrogens with zero attached hydrogens (tertiary/aromatic N) is 2. The standard InChI is InChI=1S/C21H24N4OS/c1-2-26-17-11-9-16(10-12-17)22-21(27)25-13-5-6-15(14-25)20-23-18-7-3-4-8-19(18)24-20/h3-4,7-12,15H,2,5-6,13-14H2,1H3,(H,22,27)(H,23,24). The fourth-order valence-corrected chi connectivity index (χ4v) is 3.84. The number of H-pyrrole nitrogens is 1. The van der Waals surface area contributed by atoms with Gasteiger partial charge in [0.2, 0.25) is 0 Å². The molecule has 1 saturated heterocycles. The molecular formula is C21H24N4OS. The first-order valence-corrected chi connectivity index (χ1v) is 9.87. The van der Waals surface area contributed by atoms with Gasteiger partial charge in [0.15, 0.2) is 5.11 Å². The van der Waals surface area contributed by atoms with Gasteiger partial charge in [-0.1, -0.05) is 12.1 Å². The molecular weight excluding hydrogens is 356 g/mol. The van der Waals surface area contributed by atoms with Crippen LogP contribution in [-0.2, 0) is 0 Å². The summed E-state index contributed by atoms with van der Waals surface area (Å²) >= 11 is 5.66. The lowest BCUT2D eigenvalue weighted by Gasteiger charge is -2.33. The van der Waals surface area contributed by atoms with Crippen LogP contribution in [0.1, 0.15) is 31.5 Å². The molecule has 0 radical (unpaired) electrons. The van der Waals surface area contributed by atoms with Gasteiger partial charge in [-0.3, -0.25) is 0 Å². The fraction of sp³-hybridized carbons (Fsp3) is 0.333. The Kier molecular flexibility index (Phi) is 5.25. The Hall–Kier alpha value is -2.60. The first-order valence-electron chi connectivity index (χ1n) is 9.46. The summed E-state index contributed by atoms with van der Waals surface area (Å²) in [6, 6.07) is 16.1. The van der Waals surface area contributed by atoms with Crippen LogP contribution in [0.2, 0.25) is 0 Å². The molecule has 27 heavy (non-hydrogen) atoms. The van der Waals surface area contributed by atoms with Crippen LogP contribution in [0, 0.1) is 0 Å². The third-order valence-electron chi connectivity index (χ3n) is 4.92. The number of hydrogen-bond donors (Lipinski definition) is 2. The number of nitrogens with one attached hydrogen (secondary N) is 2. The van der Waals surface area contributed by atoms with Crippen molar-refractivity contribution in [3.05, 3.63) is 54.4 Å². The number of piperidine rings is 1. The minimum atomic E-state index is 0.367. The maximum atomic E-state index is 5.66. The van der Waals surface area contributed by atoms with Gasteiger partial charge in [0.05, 0.1) is 17.6 Å². The molecule has 1 aromatic heterocycles. The summed E-state index contributed by atoms with van der Waals surface area (Å²) in [5, 5.41) is 4.11. The zero-order valence-corrected chi connectivity index (χ0v) is 16.3. The molecule has 0 amide bonds. The number of ether oxygens (including phenoxy) is 1. The summed E-state index contributed by atoms with van der Waals surface area (Å²) in [6.07, 6.45) is 2.23. The van der Waals surface area contributed by atoms with E-state index in [0.717, 1.165) is 59.3 Å². The van der Waals surface area contributed by atoms with Crippen LogP contribution in [0.15, 0.2) is 48.5 Å². The van der Waals surface area contributed by atoms with Gasteiger partial charge in [-0.15, -0.1) is 0 Å². The van der Waals surface area contributed by atoms with Crippen molar-refractivity contribution in [1.82, 2.24) is 14.9 Å². The van der Waals surface area contributed by atoms with E-state index in [4.69, 9.17) is 21.9 Å². The Morgan fingerprint density at radius 3 is 2.85 bits per heavy atom. The van der Waals surface area contributed by atoms with E-state index in [1.165, 1.54) is 0 Å². The average Bonchev–Trinajstić information content (AvgIpc) is 3.14. The van der Waals surface area contributed by atoms with Crippen molar-refractivity contribution in [1.29, 1.82) is 0 Å². The van der Waals surface area contributed by atoms with Gasteiger partial charge < -0.3 is 19.9 Å². The zero-order valence-electron chi connectivity index (χ0n) is 15.4. The Bertz CT molecular complexity index is 888. The van der Waals surface area contributed by atoms with Crippen LogP contribution < -0.4 is 10.1 Å². The normalized spacial score (nSPS) is 17.1. The van der Waals surface area contributed by atoms with Crippen molar-refractivity contribution in [3.63, 3.8) is 0 Å². The number of para-hydroxylation sites is 2. The number of rotatable bonds is 4. The third kappa shape index (κ3) is 4.06. The van der Waals surface area contributed by atoms with Gasteiger partial charge in [-0.25, -0.2) is 4.98 Å². The van der Waals surface area contributed by atoms with Crippen molar-refractivity contribution < 1.29 is 4.74 Å². The van der Waals surface area contributed by atoms with E-state index in [2.05, 4.69) is 21.3 Å². The summed E-state index contributed by atoms with van der Waals surface area (Å²) in [7, 11) is 0. The molecule has 3 aromatic rings. The molecule has 1 aliphatic rings. The lowest BCUT2D eigenvalue weighted by molar-refractivity contribution is 0.307. The number of fused-ring (bicyclic) bond motifs is 1. The van der Waals surface area contributed by atoms with E-state index >= 15 is 0 Å². The van der Waals surface area contributed by atoms with Crippen LogP contribution in [0.4, 0.5) is 5.69 Å². The lowest BCUT2D eigenvalue weighted by Crippen LogP contribution is -2.41. The highest BCUT2D eigenvalue weighted by atomic mass is 32.1. The van der Waals surface area contributed by atoms with Crippen LogP contribution in [0.5, 0.6) is 5.75 Å². The molecule has 5 nitrogen and oxygen atoms in total. The van der Waals surface area contributed by atoms with E-state index in [9.17, 15) is 0 Å². The Morgan fingerprint density at radius 1 is 1.26 bits per heavy atom. The molecule has 0 saturated carbocycles. The molecule has 0 aliphatic carbocycles. The Labute approximate surface area is 164 Å². The number of anilines is 1. The zero-order chi connectivity index (χ0) is 18.6. The maximum absolute atomic E-state index is 5.66. The van der Waals surface area contributed by atoms with Gasteiger partial charge in [0, 0.05) is 24.7 Å². The van der Waals surface area contributed by atoms with E-state index < -0.39 is 0 Å². The van der Waals surface area contributed by atoms with E-state index in [0.29, 0.717) is 12.5 Å². The Balaban J connectivity index is 1.41. The van der Waals surface area contributed by atoms with Gasteiger partial charge >= 0.3 is 0 Å². The molecule has 1 fully saturated rings. The summed E-state index contributed by atoms with van der Waals surface area (Å²) < 4.78 is 5.49. The minimum Gasteiger partial charge on any atom is -0.494 e. The summed E-state index contributed by atoms with van der Waals surface area (Å²) in [4.78, 5) is 10.5. The average molecular weight is 381 g/mol. The molecule has 6 heteroatoms. The van der Waals surface area contributed by atoms with Crippen LogP contribution in [0.25, 0.3) is 11.0 Å². The fourth-order valence-electron chi connectivity index (χ4n) is 3.55. The second kappa shape index (κ2) is 7.96. The monoisotopic (exact) mass is 380 g/mol. The highest BCUT2D eigenvalue weighted by molar-refractivity contribution is 7.80. The number of likely N-dealkylation sites (tertiary alicyclic amines) is 1. The van der Waals surface area contributed by atoms with Crippen molar-refractivity contribution in [2.75, 3.05) is 25.0 Å². The summed E-state index contributed by atoms with van der Waals surface area (Å²) in [5.41, 5.74) is 3.11. The molecule has 1 unspecified atom stereocenters. The lowest BCUT2D eigenvalue weighted by atomic mass is 9.98. The molecule has 2 aromatic carbocycles. The summed E-state index contributed by atoms with van der Waals surface area (Å²) in [5.74, 6) is 2.30. The highest BCUT2D eigenvalue weighted by Gasteiger charge is 2.25. The molecule has 2 heterocycles. The molecule has 1 atom stereocenters. The molecule has 0 spiro atoms. The first kappa shape index (κ1) is 17.8. The van der Waals surface area contributed by atoms with E-state index in [1.54, 1.807) is 0 Å². The number of aromatic nitrogens is 2. The number of thiocarbonyl (C=S) groups is 1. The van der Waals surface area contributed by atoms with E-state index in [1.807, 2.05) is 49.4 Å². The second-order valence-electron chi connectivity index (χ2n) is 6.81. The van der Waals surface area contributed by atoms with Crippen LogP contribution in [-0.4, -0.2) is 39.7 Å². The van der Waals surface area contributed by atoms with Gasteiger partial charge in [0.25, 0.3) is 0 Å². The van der Waals surface area contributed by atoms with E-state index in [-0.39, 0.29) is 0 Å². The largest absolute Gasteiger partial charge is 0.494 e. The number of hydrogen-bond acceptors (Lipinski definition) is 3. The van der Waals surface area contributed by atoms with Crippen molar-refractivity contribution in [2.45, 2.75) is 25.7 Å². The van der Waals surface area contributed by atoms with Gasteiger partial charge in [-0.2, -0.15) is 0 Å². The smallest absolute Gasteiger partial charge is 0.173 e. The van der Waals surface area contributed by atoms with Crippen molar-refractivity contribution in [3.8, 4) is 5.75 Å². The number of aromatic amines is 1. The minimum absolute atomic E-state index is 0.367. The third-order valence-corrected chi connectivity index (χ3v) is 5.28. The van der Waals surface area contributed by atoms with Gasteiger partial charge in [0.1, 0.15) is 11.6 Å². The highest BCUT2D eigenvalue weighted by Crippen LogP contribution is 2.27. The van der Waals surface area contributed by atoms with Crippen molar-refractivity contribution in [2.24, 2.45) is 0 Å². The number of benzene rings is 2. The van der Waals surface area contributed by atoms with Crippen LogP contribution in [0.3, 0.4) is 0 Å². The number of imidazole rings is 1. The molecule has 0 bridgehead atoms. The SMILES string of the molecule is CCOc1ccc(NC(=S)N2CCCC(c3nc4ccccc4[nH]3)C2)cc1. The summed E-state index contributed by atoms with van der Waals surface area (Å²) in [6.45, 7) is 4.50. The molecule has 4 rings (SSSR count). The predicted octanol–water partition coefficient (Wildman–Crippen LogP) is 4.54.